The first-order valence-electron chi connectivity index (χ1n) is 23.7. The van der Waals surface area contributed by atoms with Crippen LogP contribution >= 0.6 is 0 Å². The summed E-state index contributed by atoms with van der Waals surface area (Å²) in [6.07, 6.45) is 12.3. The first-order valence-corrected chi connectivity index (χ1v) is 23.7. The molecular weight excluding hydrogens is 809 g/mol. The second kappa shape index (κ2) is 18.1. The van der Waals surface area contributed by atoms with E-state index >= 15 is 0 Å². The molecule has 1 unspecified atom stereocenters. The normalized spacial score (nSPS) is 14.8. The molecule has 67 heavy (non-hydrogen) atoms. The molecule has 9 aromatic carbocycles. The number of anilines is 3. The second-order valence-corrected chi connectivity index (χ2v) is 18.1. The Morgan fingerprint density at radius 1 is 0.537 bits per heavy atom. The van der Waals surface area contributed by atoms with Crippen molar-refractivity contribution in [1.82, 2.24) is 4.57 Å². The molecule has 1 atom stereocenters. The van der Waals surface area contributed by atoms with E-state index in [9.17, 15) is 0 Å². The number of allylic oxidation sites excluding steroid dienone is 8. The third-order valence-corrected chi connectivity index (χ3v) is 13.9. The van der Waals surface area contributed by atoms with Gasteiger partial charge in [-0.1, -0.05) is 193 Å². The van der Waals surface area contributed by atoms with E-state index in [4.69, 9.17) is 0 Å². The van der Waals surface area contributed by atoms with E-state index in [0.29, 0.717) is 0 Å². The predicted octanol–water partition coefficient (Wildman–Crippen LogP) is 18.1. The Morgan fingerprint density at radius 3 is 1.94 bits per heavy atom. The minimum Gasteiger partial charge on any atom is -0.312 e. The van der Waals surface area contributed by atoms with Crippen molar-refractivity contribution in [2.24, 2.45) is 0 Å². The van der Waals surface area contributed by atoms with Gasteiger partial charge in [0.15, 0.2) is 0 Å². The number of aryl methyl sites for hydroxylation is 2. The zero-order valence-corrected chi connectivity index (χ0v) is 38.5. The van der Waals surface area contributed by atoms with Crippen LogP contribution in [-0.2, 0) is 0 Å². The van der Waals surface area contributed by atoms with Gasteiger partial charge in [0.1, 0.15) is 0 Å². The average molecular weight is 863 g/mol. The molecule has 2 nitrogen and oxygen atoms in total. The number of nitrogens with zero attached hydrogens (tertiary/aromatic N) is 2. The Morgan fingerprint density at radius 2 is 1.21 bits per heavy atom. The van der Waals surface area contributed by atoms with Gasteiger partial charge in [-0.3, -0.25) is 0 Å². The van der Waals surface area contributed by atoms with Gasteiger partial charge in [0.2, 0.25) is 0 Å². The lowest BCUT2D eigenvalue weighted by atomic mass is 9.75. The largest absolute Gasteiger partial charge is 0.312 e. The first-order chi connectivity index (χ1) is 33.0. The van der Waals surface area contributed by atoms with Crippen molar-refractivity contribution in [3.8, 4) is 0 Å². The van der Waals surface area contributed by atoms with Crippen LogP contribution in [0.2, 0.25) is 0 Å². The van der Waals surface area contributed by atoms with Gasteiger partial charge in [-0.25, -0.2) is 0 Å². The van der Waals surface area contributed by atoms with Crippen molar-refractivity contribution < 1.29 is 0 Å². The Hall–Kier alpha value is -7.94. The molecule has 0 radical (unpaired) electrons. The maximum absolute atomic E-state index is 2.55. The molecule has 2 aliphatic carbocycles. The summed E-state index contributed by atoms with van der Waals surface area (Å²) in [6, 6.07) is 75.3. The lowest BCUT2D eigenvalue weighted by Crippen LogP contribution is -2.11. The summed E-state index contributed by atoms with van der Waals surface area (Å²) >= 11 is 0. The lowest BCUT2D eigenvalue weighted by Gasteiger charge is -2.29. The predicted molar refractivity (Wildman–Crippen MR) is 289 cm³/mol. The van der Waals surface area contributed by atoms with Gasteiger partial charge in [-0.15, -0.1) is 0 Å². The van der Waals surface area contributed by atoms with E-state index in [-0.39, 0.29) is 5.92 Å². The molecule has 10 aromatic rings. The minimum absolute atomic E-state index is 0.218. The van der Waals surface area contributed by atoms with Crippen molar-refractivity contribution in [3.63, 3.8) is 0 Å². The SMILES string of the molecule is CC1=C(c2ccccc2C)C=C(c2ccc(N(c3ccccc3)c3cccc4ccccc34)cc2)CC1c1ccc2c(c1)c1ccc3ccccc3c1n2C1=CC=CCC1.Cc1ccccc1. The summed E-state index contributed by atoms with van der Waals surface area (Å²) in [5.41, 5.74) is 18.1. The molecule has 0 N–H and O–H groups in total. The Balaban J connectivity index is 0.000000649. The molecule has 0 amide bonds. The summed E-state index contributed by atoms with van der Waals surface area (Å²) in [4.78, 5) is 2.39. The maximum Gasteiger partial charge on any atom is 0.0616 e. The zero-order valence-electron chi connectivity index (χ0n) is 38.5. The third kappa shape index (κ3) is 8.00. The maximum atomic E-state index is 2.55. The van der Waals surface area contributed by atoms with Crippen LogP contribution in [0, 0.1) is 13.8 Å². The lowest BCUT2D eigenvalue weighted by molar-refractivity contribution is 0.815. The summed E-state index contributed by atoms with van der Waals surface area (Å²) in [6.45, 7) is 6.69. The van der Waals surface area contributed by atoms with Crippen molar-refractivity contribution in [2.75, 3.05) is 4.90 Å². The van der Waals surface area contributed by atoms with Crippen LogP contribution in [0.25, 0.3) is 60.2 Å². The number of fused-ring (bicyclic) bond motifs is 6. The van der Waals surface area contributed by atoms with Crippen LogP contribution in [0.15, 0.2) is 236 Å². The van der Waals surface area contributed by atoms with Gasteiger partial charge in [0.25, 0.3) is 0 Å². The van der Waals surface area contributed by atoms with Crippen LogP contribution in [0.4, 0.5) is 17.1 Å². The molecule has 0 saturated carbocycles. The molecule has 1 heterocycles. The molecule has 0 bridgehead atoms. The molecular formula is C65H54N2. The highest BCUT2D eigenvalue weighted by Gasteiger charge is 2.27. The van der Waals surface area contributed by atoms with Gasteiger partial charge in [0.05, 0.1) is 16.7 Å². The Labute approximate surface area is 394 Å². The topological polar surface area (TPSA) is 8.17 Å². The Kier molecular flexibility index (Phi) is 11.3. The number of benzene rings is 9. The molecule has 12 rings (SSSR count). The van der Waals surface area contributed by atoms with Gasteiger partial charge in [-0.05, 0) is 133 Å². The fourth-order valence-corrected chi connectivity index (χ4v) is 10.5. The van der Waals surface area contributed by atoms with Gasteiger partial charge >= 0.3 is 0 Å². The number of hydrogen-bond acceptors (Lipinski definition) is 1. The molecule has 1 aromatic heterocycles. The fraction of sp³-hybridized carbons (Fsp3) is 0.108. The smallest absolute Gasteiger partial charge is 0.0616 e. The zero-order chi connectivity index (χ0) is 45.3. The summed E-state index contributed by atoms with van der Waals surface area (Å²) < 4.78 is 2.55. The van der Waals surface area contributed by atoms with E-state index in [0.717, 1.165) is 30.6 Å². The third-order valence-electron chi connectivity index (χ3n) is 13.9. The fourth-order valence-electron chi connectivity index (χ4n) is 10.5. The van der Waals surface area contributed by atoms with E-state index in [1.807, 2.05) is 18.2 Å². The minimum atomic E-state index is 0.218. The average Bonchev–Trinajstić information content (AvgIpc) is 3.72. The van der Waals surface area contributed by atoms with Crippen LogP contribution in [0.3, 0.4) is 0 Å². The van der Waals surface area contributed by atoms with Crippen molar-refractivity contribution >= 4 is 77.3 Å². The van der Waals surface area contributed by atoms with Gasteiger partial charge in [0, 0.05) is 44.5 Å². The van der Waals surface area contributed by atoms with E-state index in [1.54, 1.807) is 0 Å². The van der Waals surface area contributed by atoms with Crippen molar-refractivity contribution in [3.05, 3.63) is 264 Å². The highest BCUT2D eigenvalue weighted by Crippen LogP contribution is 2.47. The highest BCUT2D eigenvalue weighted by molar-refractivity contribution is 6.19. The quantitative estimate of drug-likeness (QED) is 0.155. The van der Waals surface area contributed by atoms with Crippen molar-refractivity contribution in [2.45, 2.75) is 46.0 Å². The monoisotopic (exact) mass is 862 g/mol. The molecule has 0 spiro atoms. The molecule has 0 aliphatic heterocycles. The number of aromatic nitrogens is 1. The van der Waals surface area contributed by atoms with Gasteiger partial charge in [-0.2, -0.15) is 0 Å². The summed E-state index contributed by atoms with van der Waals surface area (Å²) in [5.74, 6) is 0.218. The standard InChI is InChI=1S/C58H46N2.C7H8/c1-39-16-9-12-24-49(39)54-38-45(41-28-32-48(33-29-41)59(46-20-5-3-6-21-46)56-27-15-19-42-17-10-13-25-50(42)56)37-53(40(54)2)44-31-35-57-55(36-44)52-34-30-43-18-11-14-26-51(43)58(52)60(57)47-22-7-4-8-23-47;1-7-5-3-2-4-6-7/h3-7,9-22,24-36,38,53H,8,23,37H2,1-2H3;2-6H,1H3. The van der Waals surface area contributed by atoms with E-state index < -0.39 is 0 Å². The number of para-hydroxylation sites is 1. The molecule has 324 valence electrons. The van der Waals surface area contributed by atoms with Gasteiger partial charge < -0.3 is 9.47 Å². The van der Waals surface area contributed by atoms with E-state index in [2.05, 4.69) is 243 Å². The van der Waals surface area contributed by atoms with Crippen LogP contribution < -0.4 is 4.90 Å². The number of hydrogen-bond donors (Lipinski definition) is 0. The molecule has 2 aliphatic rings. The first kappa shape index (κ1) is 41.7. The summed E-state index contributed by atoms with van der Waals surface area (Å²) in [5, 5.41) is 7.69. The van der Waals surface area contributed by atoms with Crippen LogP contribution in [0.1, 0.15) is 59.9 Å². The molecule has 2 heteroatoms. The highest BCUT2D eigenvalue weighted by atomic mass is 15.1. The van der Waals surface area contributed by atoms with Crippen LogP contribution in [-0.4, -0.2) is 4.57 Å². The van der Waals surface area contributed by atoms with E-state index in [1.165, 1.54) is 99.3 Å². The van der Waals surface area contributed by atoms with Crippen LogP contribution in [0.5, 0.6) is 0 Å². The summed E-state index contributed by atoms with van der Waals surface area (Å²) in [7, 11) is 0. The Bertz CT molecular complexity index is 3560. The van der Waals surface area contributed by atoms with Crippen molar-refractivity contribution in [1.29, 1.82) is 0 Å². The molecule has 0 saturated heterocycles. The number of rotatable bonds is 7. The second-order valence-electron chi connectivity index (χ2n) is 18.1. The molecule has 0 fully saturated rings.